The number of hydrogen-bond acceptors (Lipinski definition) is 3. The van der Waals surface area contributed by atoms with Crippen LogP contribution in [0.1, 0.15) is 24.8 Å². The Balaban J connectivity index is 2.35. The van der Waals surface area contributed by atoms with E-state index in [0.29, 0.717) is 23.1 Å². The van der Waals surface area contributed by atoms with Gasteiger partial charge < -0.3 is 10.3 Å². The van der Waals surface area contributed by atoms with E-state index in [1.165, 1.54) is 0 Å². The van der Waals surface area contributed by atoms with E-state index in [1.807, 2.05) is 6.92 Å². The molecule has 1 fully saturated rings. The number of nitrogens with zero attached hydrogens (tertiary/aromatic N) is 2. The van der Waals surface area contributed by atoms with Crippen molar-refractivity contribution in [3.8, 4) is 6.07 Å². The Morgan fingerprint density at radius 3 is 2.82 bits per heavy atom. The van der Waals surface area contributed by atoms with Crippen LogP contribution in [0.15, 0.2) is 15.5 Å². The average molecular weight is 296 g/mol. The summed E-state index contributed by atoms with van der Waals surface area (Å²) < 4.78 is 2.14. The summed E-state index contributed by atoms with van der Waals surface area (Å²) in [5.74, 6) is 0. The van der Waals surface area contributed by atoms with Crippen molar-refractivity contribution in [1.29, 1.82) is 5.26 Å². The summed E-state index contributed by atoms with van der Waals surface area (Å²) in [7, 11) is 0. The lowest BCUT2D eigenvalue weighted by Gasteiger charge is -2.15. The molecule has 1 aromatic heterocycles. The highest BCUT2D eigenvalue weighted by Crippen LogP contribution is 2.49. The predicted octanol–water partition coefficient (Wildman–Crippen LogP) is 2.20. The number of halogens is 1. The molecule has 0 unspecified atom stereocenters. The molecule has 0 saturated heterocycles. The van der Waals surface area contributed by atoms with Gasteiger partial charge in [-0.3, -0.25) is 4.79 Å². The molecule has 90 valence electrons. The molecule has 4 nitrogen and oxygen atoms in total. The van der Waals surface area contributed by atoms with Gasteiger partial charge >= 0.3 is 0 Å². The second kappa shape index (κ2) is 4.19. The Hall–Kier alpha value is -1.28. The molecule has 1 aromatic rings. The van der Waals surface area contributed by atoms with Crippen LogP contribution in [0.5, 0.6) is 0 Å². The maximum atomic E-state index is 12.0. The number of aromatic nitrogens is 1. The molecule has 0 bridgehead atoms. The van der Waals surface area contributed by atoms with Crippen molar-refractivity contribution < 1.29 is 0 Å². The summed E-state index contributed by atoms with van der Waals surface area (Å²) in [6.07, 6.45) is 4.21. The first-order valence-corrected chi connectivity index (χ1v) is 6.30. The summed E-state index contributed by atoms with van der Waals surface area (Å²) in [5.41, 5.74) is 7.16. The number of nitrogen functional groups attached to an aromatic ring is 1. The van der Waals surface area contributed by atoms with E-state index in [9.17, 15) is 4.79 Å². The van der Waals surface area contributed by atoms with Gasteiger partial charge in [0.05, 0.1) is 16.2 Å². The standard InChI is InChI=1S/C12H14BrN3O/c1-8-9(15)6-16(11(17)10(8)13)7-12(2-3-12)4-5-14/h6H,2-4,7,15H2,1H3. The number of nitrogens with two attached hydrogens (primary N) is 1. The Bertz CT molecular complexity index is 552. The van der Waals surface area contributed by atoms with Crippen molar-refractivity contribution in [1.82, 2.24) is 4.57 Å². The van der Waals surface area contributed by atoms with Gasteiger partial charge in [-0.25, -0.2) is 0 Å². The van der Waals surface area contributed by atoms with Gasteiger partial charge in [0.25, 0.3) is 5.56 Å². The lowest BCUT2D eigenvalue weighted by Crippen LogP contribution is -2.26. The molecule has 17 heavy (non-hydrogen) atoms. The molecule has 0 amide bonds. The van der Waals surface area contributed by atoms with E-state index >= 15 is 0 Å². The summed E-state index contributed by atoms with van der Waals surface area (Å²) in [5, 5.41) is 8.77. The molecule has 0 spiro atoms. The number of nitriles is 1. The first-order valence-electron chi connectivity index (χ1n) is 5.51. The summed E-state index contributed by atoms with van der Waals surface area (Å²) in [4.78, 5) is 12.0. The van der Waals surface area contributed by atoms with Crippen molar-refractivity contribution in [3.05, 3.63) is 26.6 Å². The highest BCUT2D eigenvalue weighted by atomic mass is 79.9. The molecule has 2 rings (SSSR count). The molecule has 2 N–H and O–H groups in total. The van der Waals surface area contributed by atoms with E-state index in [2.05, 4.69) is 22.0 Å². The van der Waals surface area contributed by atoms with Crippen LogP contribution in [0.25, 0.3) is 0 Å². The molecular weight excluding hydrogens is 282 g/mol. The Labute approximate surface area is 108 Å². The number of anilines is 1. The second-order valence-corrected chi connectivity index (χ2v) is 5.58. The zero-order valence-electron chi connectivity index (χ0n) is 9.66. The highest BCUT2D eigenvalue weighted by Gasteiger charge is 2.43. The zero-order valence-corrected chi connectivity index (χ0v) is 11.2. The minimum absolute atomic E-state index is 0.000283. The van der Waals surface area contributed by atoms with Crippen LogP contribution in [-0.4, -0.2) is 4.57 Å². The molecule has 0 radical (unpaired) electrons. The van der Waals surface area contributed by atoms with Gasteiger partial charge in [0.15, 0.2) is 0 Å². The van der Waals surface area contributed by atoms with Gasteiger partial charge in [0.1, 0.15) is 0 Å². The van der Waals surface area contributed by atoms with E-state index in [-0.39, 0.29) is 11.0 Å². The smallest absolute Gasteiger partial charge is 0.265 e. The van der Waals surface area contributed by atoms with Crippen LogP contribution in [0.4, 0.5) is 5.69 Å². The molecule has 5 heteroatoms. The average Bonchev–Trinajstić information content (AvgIpc) is 3.03. The SMILES string of the molecule is Cc1c(N)cn(CC2(CC#N)CC2)c(=O)c1Br. The molecular formula is C12H14BrN3O. The summed E-state index contributed by atoms with van der Waals surface area (Å²) >= 11 is 3.27. The predicted molar refractivity (Wildman–Crippen MR) is 69.4 cm³/mol. The number of hydrogen-bond donors (Lipinski definition) is 1. The van der Waals surface area contributed by atoms with Gasteiger partial charge in [0, 0.05) is 24.6 Å². The molecule has 1 aliphatic carbocycles. The van der Waals surface area contributed by atoms with Crippen molar-refractivity contribution in [2.75, 3.05) is 5.73 Å². The van der Waals surface area contributed by atoms with Crippen molar-refractivity contribution in [3.63, 3.8) is 0 Å². The largest absolute Gasteiger partial charge is 0.397 e. The van der Waals surface area contributed by atoms with Gasteiger partial charge in [0.2, 0.25) is 0 Å². The van der Waals surface area contributed by atoms with E-state index in [1.54, 1.807) is 10.8 Å². The molecule has 1 saturated carbocycles. The van der Waals surface area contributed by atoms with Crippen LogP contribution in [0, 0.1) is 23.7 Å². The molecule has 0 aliphatic heterocycles. The zero-order chi connectivity index (χ0) is 12.6. The lowest BCUT2D eigenvalue weighted by molar-refractivity contribution is 0.423. The maximum Gasteiger partial charge on any atom is 0.265 e. The third-order valence-corrected chi connectivity index (χ3v) is 4.36. The van der Waals surface area contributed by atoms with Gasteiger partial charge in [-0.2, -0.15) is 5.26 Å². The minimum Gasteiger partial charge on any atom is -0.397 e. The topological polar surface area (TPSA) is 71.8 Å². The number of pyridine rings is 1. The highest BCUT2D eigenvalue weighted by molar-refractivity contribution is 9.10. The molecule has 1 heterocycles. The Morgan fingerprint density at radius 1 is 1.65 bits per heavy atom. The fraction of sp³-hybridized carbons (Fsp3) is 0.500. The molecule has 0 aromatic carbocycles. The Morgan fingerprint density at radius 2 is 2.29 bits per heavy atom. The third kappa shape index (κ3) is 2.22. The first-order chi connectivity index (χ1) is 7.99. The van der Waals surface area contributed by atoms with Crippen molar-refractivity contribution in [2.45, 2.75) is 32.7 Å². The lowest BCUT2D eigenvalue weighted by atomic mass is 10.0. The van der Waals surface area contributed by atoms with Crippen LogP contribution in [-0.2, 0) is 6.54 Å². The fourth-order valence-corrected chi connectivity index (χ4v) is 2.41. The van der Waals surface area contributed by atoms with Crippen LogP contribution >= 0.6 is 15.9 Å². The van der Waals surface area contributed by atoms with Crippen LogP contribution < -0.4 is 11.3 Å². The van der Waals surface area contributed by atoms with E-state index < -0.39 is 0 Å². The van der Waals surface area contributed by atoms with E-state index in [0.717, 1.165) is 18.4 Å². The van der Waals surface area contributed by atoms with E-state index in [4.69, 9.17) is 11.0 Å². The van der Waals surface area contributed by atoms with Gasteiger partial charge in [-0.1, -0.05) is 0 Å². The minimum atomic E-state index is -0.0686. The quantitative estimate of drug-likeness (QED) is 0.929. The first kappa shape index (κ1) is 12.2. The second-order valence-electron chi connectivity index (χ2n) is 4.79. The third-order valence-electron chi connectivity index (χ3n) is 3.42. The molecule has 0 atom stereocenters. The fourth-order valence-electron chi connectivity index (χ4n) is 1.95. The van der Waals surface area contributed by atoms with Gasteiger partial charge in [-0.15, -0.1) is 0 Å². The van der Waals surface area contributed by atoms with Crippen molar-refractivity contribution >= 4 is 21.6 Å². The van der Waals surface area contributed by atoms with Gasteiger partial charge in [-0.05, 0) is 41.3 Å². The van der Waals surface area contributed by atoms with Crippen LogP contribution in [0.2, 0.25) is 0 Å². The normalized spacial score (nSPS) is 16.5. The maximum absolute atomic E-state index is 12.0. The van der Waals surface area contributed by atoms with Crippen LogP contribution in [0.3, 0.4) is 0 Å². The summed E-state index contributed by atoms with van der Waals surface area (Å²) in [6.45, 7) is 2.40. The van der Waals surface area contributed by atoms with Crippen molar-refractivity contribution in [2.24, 2.45) is 5.41 Å². The molecule has 1 aliphatic rings. The monoisotopic (exact) mass is 295 g/mol. The number of rotatable bonds is 3. The summed E-state index contributed by atoms with van der Waals surface area (Å²) in [6, 6.07) is 2.19. The Kier molecular flexibility index (Phi) is 3.00.